The highest BCUT2D eigenvalue weighted by atomic mass is 16.5. The topological polar surface area (TPSA) is 106 Å². The Morgan fingerprint density at radius 2 is 2.03 bits per heavy atom. The lowest BCUT2D eigenvalue weighted by molar-refractivity contribution is -0.133. The number of amides is 2. The average Bonchev–Trinajstić information content (AvgIpc) is 3.60. The van der Waals surface area contributed by atoms with Crippen LogP contribution in [0, 0.1) is 11.8 Å². The van der Waals surface area contributed by atoms with Crippen LogP contribution in [0.3, 0.4) is 0 Å². The van der Waals surface area contributed by atoms with Crippen molar-refractivity contribution in [3.05, 3.63) is 29.8 Å². The van der Waals surface area contributed by atoms with Crippen molar-refractivity contribution in [2.45, 2.75) is 89.4 Å². The van der Waals surface area contributed by atoms with Gasteiger partial charge in [0.25, 0.3) is 0 Å². The van der Waals surface area contributed by atoms with Gasteiger partial charge in [-0.15, -0.1) is 0 Å². The van der Waals surface area contributed by atoms with Gasteiger partial charge in [0.05, 0.1) is 18.0 Å². The lowest BCUT2D eigenvalue weighted by Crippen LogP contribution is -2.56. The number of para-hydroxylation sites is 1. The smallest absolute Gasteiger partial charge is 0.231 e. The Kier molecular flexibility index (Phi) is 7.13. The molecule has 2 heterocycles. The van der Waals surface area contributed by atoms with Crippen LogP contribution in [0.25, 0.3) is 0 Å². The van der Waals surface area contributed by atoms with E-state index in [2.05, 4.69) is 5.32 Å². The van der Waals surface area contributed by atoms with Crippen LogP contribution >= 0.6 is 0 Å². The minimum atomic E-state index is -0.424. The third kappa shape index (κ3) is 5.17. The molecule has 8 nitrogen and oxygen atoms in total. The molecule has 3 N–H and O–H groups in total. The molecule has 1 unspecified atom stereocenters. The number of aliphatic imine (C=N–C) groups is 1. The van der Waals surface area contributed by atoms with Crippen molar-refractivity contribution < 1.29 is 19.1 Å². The molecular weight excluding hydrogens is 444 g/mol. The van der Waals surface area contributed by atoms with Crippen molar-refractivity contribution in [1.82, 2.24) is 10.2 Å². The zero-order valence-electron chi connectivity index (χ0n) is 21.7. The Morgan fingerprint density at radius 3 is 2.69 bits per heavy atom. The molecule has 1 aromatic carbocycles. The molecule has 35 heavy (non-hydrogen) atoms. The summed E-state index contributed by atoms with van der Waals surface area (Å²) >= 11 is 0. The molecule has 0 bridgehead atoms. The fraction of sp³-hybridized carbons (Fsp3) is 0.667. The molecule has 8 heteroatoms. The minimum Gasteiger partial charge on any atom is -0.487 e. The molecule has 3 aliphatic rings. The first-order chi connectivity index (χ1) is 16.6. The van der Waals surface area contributed by atoms with E-state index in [1.54, 1.807) is 12.0 Å². The maximum absolute atomic E-state index is 13.4. The second kappa shape index (κ2) is 9.80. The zero-order valence-corrected chi connectivity index (χ0v) is 21.7. The van der Waals surface area contributed by atoms with Gasteiger partial charge < -0.3 is 20.5 Å². The summed E-state index contributed by atoms with van der Waals surface area (Å²) in [4.78, 5) is 33.1. The maximum atomic E-state index is 13.4. The Bertz CT molecular complexity index is 987. The largest absolute Gasteiger partial charge is 0.487 e. The molecule has 0 spiro atoms. The highest BCUT2D eigenvalue weighted by Gasteiger charge is 2.53. The third-order valence-electron chi connectivity index (χ3n) is 7.98. The van der Waals surface area contributed by atoms with Gasteiger partial charge in [-0.3, -0.25) is 14.5 Å². The van der Waals surface area contributed by atoms with Crippen molar-refractivity contribution in [2.75, 3.05) is 13.7 Å². The summed E-state index contributed by atoms with van der Waals surface area (Å²) in [6.45, 7) is 8.66. The fourth-order valence-electron chi connectivity index (χ4n) is 5.77. The minimum absolute atomic E-state index is 0.00605. The van der Waals surface area contributed by atoms with Gasteiger partial charge in [0.1, 0.15) is 11.4 Å². The Labute approximate surface area is 208 Å². The molecule has 4 rings (SSSR count). The first kappa shape index (κ1) is 25.5. The molecule has 0 saturated heterocycles. The highest BCUT2D eigenvalue weighted by molar-refractivity contribution is 5.99. The van der Waals surface area contributed by atoms with E-state index in [4.69, 9.17) is 20.2 Å². The Hall–Kier alpha value is -2.61. The van der Waals surface area contributed by atoms with Crippen LogP contribution in [0.5, 0.6) is 5.75 Å². The second-order valence-corrected chi connectivity index (χ2v) is 10.9. The molecule has 1 fully saturated rings. The number of methoxy groups -OCH3 is 1. The monoisotopic (exact) mass is 484 g/mol. The summed E-state index contributed by atoms with van der Waals surface area (Å²) in [6.07, 6.45) is 3.92. The van der Waals surface area contributed by atoms with E-state index in [0.29, 0.717) is 25.9 Å². The number of hydrogen-bond acceptors (Lipinski definition) is 6. The molecule has 2 aliphatic heterocycles. The van der Waals surface area contributed by atoms with Gasteiger partial charge in [-0.25, -0.2) is 4.99 Å². The molecule has 1 aromatic rings. The Balaban J connectivity index is 1.50. The first-order valence-corrected chi connectivity index (χ1v) is 12.9. The molecule has 1 saturated carbocycles. The van der Waals surface area contributed by atoms with Gasteiger partial charge in [0.2, 0.25) is 11.8 Å². The van der Waals surface area contributed by atoms with E-state index in [1.165, 1.54) is 0 Å². The van der Waals surface area contributed by atoms with Gasteiger partial charge in [0, 0.05) is 37.7 Å². The predicted octanol–water partition coefficient (Wildman–Crippen LogP) is 3.55. The van der Waals surface area contributed by atoms with Crippen LogP contribution in [-0.2, 0) is 14.3 Å². The van der Waals surface area contributed by atoms with Gasteiger partial charge in [0.15, 0.2) is 5.96 Å². The van der Waals surface area contributed by atoms with Crippen LogP contribution < -0.4 is 15.8 Å². The van der Waals surface area contributed by atoms with Crippen LogP contribution in [0.1, 0.15) is 77.8 Å². The van der Waals surface area contributed by atoms with Crippen molar-refractivity contribution in [2.24, 2.45) is 22.6 Å². The SMILES string of the molecule is CCC1(CC)CC(=O)N(C(CCOC)[C@H]2C[C@@H]2C(=O)N[C@H]2CC(C)(C)Oc3ccccc32)C(N)=N1. The van der Waals surface area contributed by atoms with E-state index in [1.807, 2.05) is 52.0 Å². The molecule has 1 aliphatic carbocycles. The highest BCUT2D eigenvalue weighted by Crippen LogP contribution is 2.47. The number of nitrogens with one attached hydrogen (secondary N) is 1. The number of nitrogens with zero attached hydrogens (tertiary/aromatic N) is 2. The van der Waals surface area contributed by atoms with E-state index < -0.39 is 5.54 Å². The van der Waals surface area contributed by atoms with Crippen molar-refractivity contribution in [3.8, 4) is 5.75 Å². The zero-order chi connectivity index (χ0) is 25.4. The fourth-order valence-corrected chi connectivity index (χ4v) is 5.77. The summed E-state index contributed by atoms with van der Waals surface area (Å²) < 4.78 is 11.5. The number of carbonyl (C=O) groups excluding carboxylic acids is 2. The van der Waals surface area contributed by atoms with Crippen LogP contribution in [0.15, 0.2) is 29.3 Å². The van der Waals surface area contributed by atoms with Crippen molar-refractivity contribution >= 4 is 17.8 Å². The van der Waals surface area contributed by atoms with Gasteiger partial charge in [-0.2, -0.15) is 0 Å². The van der Waals surface area contributed by atoms with E-state index in [0.717, 1.165) is 30.6 Å². The summed E-state index contributed by atoms with van der Waals surface area (Å²) in [6, 6.07) is 7.57. The predicted molar refractivity (Wildman–Crippen MR) is 135 cm³/mol. The number of carbonyl (C=O) groups is 2. The maximum Gasteiger partial charge on any atom is 0.231 e. The standard InChI is InChI=1S/C27H40N4O4/c1-6-27(7-2)16-23(32)31(25(28)30-27)21(12-13-34-5)18-14-19(18)24(33)29-20-15-26(3,4)35-22-11-9-8-10-17(20)22/h8-11,18-21H,6-7,12-16H2,1-5H3,(H2,28,30)(H,29,33)/t18-,19-,20-,21?/m0/s1. The van der Waals surface area contributed by atoms with Crippen LogP contribution in [-0.4, -0.2) is 53.6 Å². The second-order valence-electron chi connectivity index (χ2n) is 10.9. The lowest BCUT2D eigenvalue weighted by Gasteiger charge is -2.40. The molecule has 2 amide bonds. The molecular formula is C27H40N4O4. The summed E-state index contributed by atoms with van der Waals surface area (Å²) in [5.41, 5.74) is 6.60. The summed E-state index contributed by atoms with van der Waals surface area (Å²) in [5.74, 6) is 0.968. The average molecular weight is 485 g/mol. The normalized spacial score (nSPS) is 27.3. The summed E-state index contributed by atoms with van der Waals surface area (Å²) in [5, 5.41) is 3.28. The number of fused-ring (bicyclic) bond motifs is 1. The molecule has 192 valence electrons. The van der Waals surface area contributed by atoms with Crippen LogP contribution in [0.4, 0.5) is 0 Å². The quantitative estimate of drug-likeness (QED) is 0.558. The summed E-state index contributed by atoms with van der Waals surface area (Å²) in [7, 11) is 1.65. The van der Waals surface area contributed by atoms with E-state index >= 15 is 0 Å². The molecule has 4 atom stereocenters. The number of benzene rings is 1. The third-order valence-corrected chi connectivity index (χ3v) is 7.98. The van der Waals surface area contributed by atoms with Gasteiger partial charge in [-0.1, -0.05) is 32.0 Å². The number of nitrogens with two attached hydrogens (primary N) is 1. The van der Waals surface area contributed by atoms with Crippen molar-refractivity contribution in [3.63, 3.8) is 0 Å². The van der Waals surface area contributed by atoms with Crippen LogP contribution in [0.2, 0.25) is 0 Å². The first-order valence-electron chi connectivity index (χ1n) is 12.9. The van der Waals surface area contributed by atoms with E-state index in [-0.39, 0.29) is 47.3 Å². The number of hydrogen-bond donors (Lipinski definition) is 2. The Morgan fingerprint density at radius 1 is 1.31 bits per heavy atom. The van der Waals surface area contributed by atoms with Gasteiger partial charge >= 0.3 is 0 Å². The van der Waals surface area contributed by atoms with E-state index in [9.17, 15) is 9.59 Å². The van der Waals surface area contributed by atoms with Crippen molar-refractivity contribution in [1.29, 1.82) is 0 Å². The number of guanidine groups is 1. The molecule has 0 aromatic heterocycles. The van der Waals surface area contributed by atoms with Gasteiger partial charge in [-0.05, 0) is 51.5 Å². The molecule has 0 radical (unpaired) electrons. The number of ether oxygens (including phenoxy) is 2. The number of rotatable bonds is 9. The lowest BCUT2D eigenvalue weighted by atomic mass is 9.87.